The van der Waals surface area contributed by atoms with Crippen LogP contribution in [0.4, 0.5) is 18.9 Å². The SMILES string of the molecule is O=C1COC2(CCCN(Cc3ccc(F)c(F)c3)C2)CN1c1cccc(F)c1. The molecule has 2 aliphatic rings. The lowest BCUT2D eigenvalue weighted by molar-refractivity contribution is -0.146. The molecule has 0 aromatic heterocycles. The number of hydrogen-bond acceptors (Lipinski definition) is 3. The summed E-state index contributed by atoms with van der Waals surface area (Å²) in [5.41, 5.74) is 0.645. The summed E-state index contributed by atoms with van der Waals surface area (Å²) in [6.07, 6.45) is 1.63. The highest BCUT2D eigenvalue weighted by molar-refractivity contribution is 5.95. The molecule has 2 saturated heterocycles. The van der Waals surface area contributed by atoms with Gasteiger partial charge in [-0.2, -0.15) is 0 Å². The summed E-state index contributed by atoms with van der Waals surface area (Å²) in [4.78, 5) is 16.1. The van der Waals surface area contributed by atoms with Gasteiger partial charge >= 0.3 is 0 Å². The lowest BCUT2D eigenvalue weighted by Crippen LogP contribution is -2.61. The van der Waals surface area contributed by atoms with Gasteiger partial charge < -0.3 is 9.64 Å². The Morgan fingerprint density at radius 2 is 1.89 bits per heavy atom. The van der Waals surface area contributed by atoms with Crippen LogP contribution in [-0.2, 0) is 16.1 Å². The van der Waals surface area contributed by atoms with Crippen LogP contribution in [0.3, 0.4) is 0 Å². The minimum Gasteiger partial charge on any atom is -0.362 e. The summed E-state index contributed by atoms with van der Waals surface area (Å²) < 4.78 is 46.2. The first kappa shape index (κ1) is 19.0. The van der Waals surface area contributed by atoms with E-state index in [1.807, 2.05) is 0 Å². The molecule has 2 aromatic carbocycles. The number of likely N-dealkylation sites (tertiary alicyclic amines) is 1. The average molecular weight is 390 g/mol. The molecule has 2 heterocycles. The van der Waals surface area contributed by atoms with Crippen molar-refractivity contribution in [1.29, 1.82) is 0 Å². The lowest BCUT2D eigenvalue weighted by atomic mass is 9.90. The second-order valence-corrected chi connectivity index (χ2v) is 7.49. The summed E-state index contributed by atoms with van der Waals surface area (Å²) >= 11 is 0. The number of rotatable bonds is 3. The fourth-order valence-electron chi connectivity index (χ4n) is 4.06. The Hall–Kier alpha value is -2.38. The van der Waals surface area contributed by atoms with Gasteiger partial charge in [-0.15, -0.1) is 0 Å². The van der Waals surface area contributed by atoms with Gasteiger partial charge in [-0.3, -0.25) is 9.69 Å². The van der Waals surface area contributed by atoms with Crippen LogP contribution in [0.25, 0.3) is 0 Å². The minimum absolute atomic E-state index is 0.0600. The molecular formula is C21H21F3N2O2. The fraction of sp³-hybridized carbons (Fsp3) is 0.381. The number of benzene rings is 2. The maximum atomic E-state index is 13.6. The zero-order chi connectivity index (χ0) is 19.7. The standard InChI is InChI=1S/C21H21F3N2O2/c22-16-3-1-4-17(10-16)26-14-21(28-12-20(26)27)7-2-8-25(13-21)11-15-5-6-18(23)19(24)9-15/h1,3-6,9-10H,2,7-8,11-14H2. The number of halogens is 3. The Balaban J connectivity index is 1.50. The van der Waals surface area contributed by atoms with E-state index in [2.05, 4.69) is 4.90 Å². The van der Waals surface area contributed by atoms with Crippen LogP contribution >= 0.6 is 0 Å². The molecule has 2 aliphatic heterocycles. The molecule has 4 nitrogen and oxygen atoms in total. The molecule has 2 aromatic rings. The first-order valence-corrected chi connectivity index (χ1v) is 9.30. The smallest absolute Gasteiger partial charge is 0.253 e. The summed E-state index contributed by atoms with van der Waals surface area (Å²) in [5, 5.41) is 0. The number of carbonyl (C=O) groups is 1. The Morgan fingerprint density at radius 1 is 1.04 bits per heavy atom. The highest BCUT2D eigenvalue weighted by Gasteiger charge is 2.43. The Morgan fingerprint density at radius 3 is 2.68 bits per heavy atom. The summed E-state index contributed by atoms with van der Waals surface area (Å²) in [6, 6.07) is 9.89. The molecule has 4 rings (SSSR count). The van der Waals surface area contributed by atoms with Crippen molar-refractivity contribution >= 4 is 11.6 Å². The van der Waals surface area contributed by atoms with Gasteiger partial charge in [0.2, 0.25) is 0 Å². The molecule has 7 heteroatoms. The molecule has 0 aliphatic carbocycles. The van der Waals surface area contributed by atoms with Crippen LogP contribution in [-0.4, -0.2) is 42.6 Å². The summed E-state index contributed by atoms with van der Waals surface area (Å²) in [5.74, 6) is -2.32. The van der Waals surface area contributed by atoms with Gasteiger partial charge in [0.05, 0.1) is 12.1 Å². The van der Waals surface area contributed by atoms with Crippen LogP contribution in [0.15, 0.2) is 42.5 Å². The predicted molar refractivity (Wildman–Crippen MR) is 98.3 cm³/mol. The molecule has 0 radical (unpaired) electrons. The monoisotopic (exact) mass is 390 g/mol. The molecule has 0 bridgehead atoms. The molecule has 2 fully saturated rings. The van der Waals surface area contributed by atoms with Gasteiger partial charge in [0, 0.05) is 18.8 Å². The Kier molecular flexibility index (Phi) is 5.12. The number of ether oxygens (including phenoxy) is 1. The first-order valence-electron chi connectivity index (χ1n) is 9.30. The zero-order valence-electron chi connectivity index (χ0n) is 15.3. The highest BCUT2D eigenvalue weighted by atomic mass is 19.2. The number of morpholine rings is 1. The third kappa shape index (κ3) is 3.91. The molecule has 0 saturated carbocycles. The van der Waals surface area contributed by atoms with Crippen LogP contribution in [0.2, 0.25) is 0 Å². The molecule has 1 spiro atoms. The second-order valence-electron chi connectivity index (χ2n) is 7.49. The van der Waals surface area contributed by atoms with E-state index in [1.165, 1.54) is 18.2 Å². The van der Waals surface area contributed by atoms with Crippen molar-refractivity contribution in [2.75, 3.05) is 31.1 Å². The fourth-order valence-corrected chi connectivity index (χ4v) is 4.06. The van der Waals surface area contributed by atoms with E-state index in [9.17, 15) is 18.0 Å². The highest BCUT2D eigenvalue weighted by Crippen LogP contribution is 2.32. The van der Waals surface area contributed by atoms with Gasteiger partial charge in [-0.25, -0.2) is 13.2 Å². The van der Waals surface area contributed by atoms with Crippen molar-refractivity contribution in [2.45, 2.75) is 25.0 Å². The van der Waals surface area contributed by atoms with Gasteiger partial charge in [0.25, 0.3) is 5.91 Å². The van der Waals surface area contributed by atoms with E-state index >= 15 is 0 Å². The molecule has 148 valence electrons. The quantitative estimate of drug-likeness (QED) is 0.804. The minimum atomic E-state index is -0.862. The average Bonchev–Trinajstić information content (AvgIpc) is 2.67. The molecular weight excluding hydrogens is 369 g/mol. The number of hydrogen-bond donors (Lipinski definition) is 0. The van der Waals surface area contributed by atoms with Crippen LogP contribution in [0.1, 0.15) is 18.4 Å². The molecule has 1 unspecified atom stereocenters. The maximum Gasteiger partial charge on any atom is 0.253 e. The van der Waals surface area contributed by atoms with Crippen molar-refractivity contribution < 1.29 is 22.7 Å². The molecule has 0 N–H and O–H groups in total. The van der Waals surface area contributed by atoms with E-state index in [-0.39, 0.29) is 12.5 Å². The van der Waals surface area contributed by atoms with Gasteiger partial charge in [0.15, 0.2) is 11.6 Å². The number of carbonyl (C=O) groups excluding carboxylic acids is 1. The van der Waals surface area contributed by atoms with E-state index in [1.54, 1.807) is 23.1 Å². The molecule has 1 amide bonds. The number of anilines is 1. The number of piperidine rings is 1. The molecule has 28 heavy (non-hydrogen) atoms. The first-order chi connectivity index (χ1) is 13.4. The molecule has 1 atom stereocenters. The van der Waals surface area contributed by atoms with Gasteiger partial charge in [0.1, 0.15) is 12.4 Å². The normalized spacial score (nSPS) is 23.4. The van der Waals surface area contributed by atoms with Crippen LogP contribution in [0, 0.1) is 17.5 Å². The van der Waals surface area contributed by atoms with Crippen molar-refractivity contribution in [3.63, 3.8) is 0 Å². The van der Waals surface area contributed by atoms with E-state index < -0.39 is 23.1 Å². The van der Waals surface area contributed by atoms with E-state index in [0.717, 1.165) is 25.5 Å². The third-order valence-corrected chi connectivity index (χ3v) is 5.38. The Labute approximate surface area is 161 Å². The zero-order valence-corrected chi connectivity index (χ0v) is 15.3. The topological polar surface area (TPSA) is 32.8 Å². The van der Waals surface area contributed by atoms with Gasteiger partial charge in [-0.1, -0.05) is 12.1 Å². The van der Waals surface area contributed by atoms with Crippen LogP contribution < -0.4 is 4.90 Å². The lowest BCUT2D eigenvalue weighted by Gasteiger charge is -2.47. The van der Waals surface area contributed by atoms with E-state index in [0.29, 0.717) is 30.9 Å². The predicted octanol–water partition coefficient (Wildman–Crippen LogP) is 3.50. The van der Waals surface area contributed by atoms with Crippen LogP contribution in [0.5, 0.6) is 0 Å². The number of nitrogens with zero attached hydrogens (tertiary/aromatic N) is 2. The Bertz CT molecular complexity index is 892. The van der Waals surface area contributed by atoms with E-state index in [4.69, 9.17) is 4.74 Å². The third-order valence-electron chi connectivity index (χ3n) is 5.38. The summed E-state index contributed by atoms with van der Waals surface area (Å²) in [7, 11) is 0. The van der Waals surface area contributed by atoms with Crippen molar-refractivity contribution in [3.05, 3.63) is 65.5 Å². The maximum absolute atomic E-state index is 13.6. The second kappa shape index (κ2) is 7.56. The largest absolute Gasteiger partial charge is 0.362 e. The van der Waals surface area contributed by atoms with Crippen molar-refractivity contribution in [1.82, 2.24) is 4.90 Å². The van der Waals surface area contributed by atoms with Crippen molar-refractivity contribution in [3.8, 4) is 0 Å². The summed E-state index contributed by atoms with van der Waals surface area (Å²) in [6.45, 7) is 2.11. The van der Waals surface area contributed by atoms with Crippen molar-refractivity contribution in [2.24, 2.45) is 0 Å². The van der Waals surface area contributed by atoms with Gasteiger partial charge in [-0.05, 0) is 55.3 Å². The number of amides is 1.